The van der Waals surface area contributed by atoms with E-state index in [2.05, 4.69) is 42.3 Å². The van der Waals surface area contributed by atoms with Crippen LogP contribution >= 0.6 is 0 Å². The molecule has 2 N–H and O–H groups in total. The minimum absolute atomic E-state index is 0.424. The molecule has 0 amide bonds. The van der Waals surface area contributed by atoms with Crippen LogP contribution in [-0.4, -0.2) is 38.3 Å². The normalized spacial score (nSPS) is 21.5. The van der Waals surface area contributed by atoms with Gasteiger partial charge in [-0.25, -0.2) is 0 Å². The van der Waals surface area contributed by atoms with Gasteiger partial charge in [-0.3, -0.25) is 4.90 Å². The number of nitrogens with two attached hydrogens (primary N) is 1. The van der Waals surface area contributed by atoms with Crippen molar-refractivity contribution in [1.82, 2.24) is 4.90 Å². The van der Waals surface area contributed by atoms with Crippen LogP contribution in [0, 0.1) is 5.92 Å². The maximum Gasteiger partial charge on any atom is 0.0506 e. The van der Waals surface area contributed by atoms with E-state index >= 15 is 0 Å². The zero-order valence-electron chi connectivity index (χ0n) is 11.9. The fraction of sp³-hybridized carbons (Fsp3) is 0.625. The fourth-order valence-corrected chi connectivity index (χ4v) is 2.96. The minimum atomic E-state index is 0.424. The van der Waals surface area contributed by atoms with Gasteiger partial charge in [0.1, 0.15) is 0 Å². The molecule has 0 bridgehead atoms. The second-order valence-electron chi connectivity index (χ2n) is 5.53. The van der Waals surface area contributed by atoms with E-state index in [0.29, 0.717) is 12.0 Å². The van der Waals surface area contributed by atoms with Gasteiger partial charge in [0.25, 0.3) is 0 Å². The van der Waals surface area contributed by atoms with Crippen LogP contribution in [0.3, 0.4) is 0 Å². The van der Waals surface area contributed by atoms with Crippen molar-refractivity contribution in [3.05, 3.63) is 35.9 Å². The van der Waals surface area contributed by atoms with Crippen molar-refractivity contribution in [2.45, 2.75) is 25.3 Å². The summed E-state index contributed by atoms with van der Waals surface area (Å²) in [5.41, 5.74) is 7.15. The Labute approximate surface area is 116 Å². The first-order valence-corrected chi connectivity index (χ1v) is 7.34. The van der Waals surface area contributed by atoms with Crippen LogP contribution < -0.4 is 5.73 Å². The monoisotopic (exact) mass is 262 g/mol. The lowest BCUT2D eigenvalue weighted by atomic mass is 9.98. The first-order valence-electron chi connectivity index (χ1n) is 7.34. The number of rotatable bonds is 6. The molecule has 1 saturated heterocycles. The highest BCUT2D eigenvalue weighted by atomic mass is 16.5. The van der Waals surface area contributed by atoms with Crippen molar-refractivity contribution in [2.24, 2.45) is 11.7 Å². The van der Waals surface area contributed by atoms with Crippen molar-refractivity contribution >= 4 is 0 Å². The summed E-state index contributed by atoms with van der Waals surface area (Å²) in [6, 6.07) is 11.1. The summed E-state index contributed by atoms with van der Waals surface area (Å²) < 4.78 is 5.58. The molecule has 19 heavy (non-hydrogen) atoms. The van der Waals surface area contributed by atoms with E-state index in [1.54, 1.807) is 0 Å². The summed E-state index contributed by atoms with van der Waals surface area (Å²) in [7, 11) is 2.21. The van der Waals surface area contributed by atoms with Crippen LogP contribution in [0.1, 0.15) is 30.9 Å². The minimum Gasteiger partial charge on any atom is -0.381 e. The second-order valence-corrected chi connectivity index (χ2v) is 5.53. The molecule has 0 radical (unpaired) electrons. The largest absolute Gasteiger partial charge is 0.381 e. The van der Waals surface area contributed by atoms with E-state index in [1.807, 2.05) is 0 Å². The Morgan fingerprint density at radius 2 is 2.16 bits per heavy atom. The molecule has 0 aromatic heterocycles. The molecule has 0 aliphatic carbocycles. The molecular formula is C16H26N2O. The first kappa shape index (κ1) is 14.5. The molecule has 1 aromatic rings. The number of hydrogen-bond donors (Lipinski definition) is 1. The lowest BCUT2D eigenvalue weighted by molar-refractivity contribution is 0.0355. The summed E-state index contributed by atoms with van der Waals surface area (Å²) in [5.74, 6) is 0.669. The summed E-state index contributed by atoms with van der Waals surface area (Å²) in [4.78, 5) is 2.45. The third-order valence-corrected chi connectivity index (χ3v) is 3.96. The Morgan fingerprint density at radius 1 is 1.37 bits per heavy atom. The van der Waals surface area contributed by atoms with Gasteiger partial charge in [-0.2, -0.15) is 0 Å². The van der Waals surface area contributed by atoms with Crippen molar-refractivity contribution in [3.63, 3.8) is 0 Å². The molecule has 106 valence electrons. The molecule has 1 aliphatic rings. The highest BCUT2D eigenvalue weighted by molar-refractivity contribution is 5.19. The van der Waals surface area contributed by atoms with E-state index in [1.165, 1.54) is 18.4 Å². The van der Waals surface area contributed by atoms with Gasteiger partial charge in [0.15, 0.2) is 0 Å². The van der Waals surface area contributed by atoms with E-state index in [4.69, 9.17) is 10.5 Å². The molecule has 1 aliphatic heterocycles. The zero-order chi connectivity index (χ0) is 13.5. The average Bonchev–Trinajstić information content (AvgIpc) is 2.46. The Bertz CT molecular complexity index is 349. The molecule has 2 atom stereocenters. The highest BCUT2D eigenvalue weighted by Crippen LogP contribution is 2.25. The number of benzene rings is 1. The molecule has 3 heteroatoms. The van der Waals surface area contributed by atoms with Crippen LogP contribution in [0.15, 0.2) is 30.3 Å². The molecule has 1 heterocycles. The molecule has 1 aromatic carbocycles. The fourth-order valence-electron chi connectivity index (χ4n) is 2.96. The van der Waals surface area contributed by atoms with Gasteiger partial charge >= 0.3 is 0 Å². The second kappa shape index (κ2) is 7.63. The van der Waals surface area contributed by atoms with E-state index < -0.39 is 0 Å². The van der Waals surface area contributed by atoms with E-state index in [-0.39, 0.29) is 0 Å². The summed E-state index contributed by atoms with van der Waals surface area (Å²) in [5, 5.41) is 0. The lowest BCUT2D eigenvalue weighted by Crippen LogP contribution is -2.34. The van der Waals surface area contributed by atoms with Gasteiger partial charge in [-0.15, -0.1) is 0 Å². The van der Waals surface area contributed by atoms with Crippen LogP contribution in [-0.2, 0) is 4.74 Å². The van der Waals surface area contributed by atoms with Crippen molar-refractivity contribution in [1.29, 1.82) is 0 Å². The Kier molecular flexibility index (Phi) is 5.83. The van der Waals surface area contributed by atoms with Crippen molar-refractivity contribution < 1.29 is 4.74 Å². The number of hydrogen-bond acceptors (Lipinski definition) is 3. The predicted octanol–water partition coefficient (Wildman–Crippen LogP) is 2.43. The summed E-state index contributed by atoms with van der Waals surface area (Å²) in [6.07, 6.45) is 3.49. The van der Waals surface area contributed by atoms with Crippen LogP contribution in [0.4, 0.5) is 0 Å². The molecule has 0 spiro atoms. The third-order valence-electron chi connectivity index (χ3n) is 3.96. The Hall–Kier alpha value is -0.900. The van der Waals surface area contributed by atoms with Crippen molar-refractivity contribution in [3.8, 4) is 0 Å². The predicted molar refractivity (Wildman–Crippen MR) is 79.0 cm³/mol. The van der Waals surface area contributed by atoms with Gasteiger partial charge in [0, 0.05) is 19.2 Å². The first-order chi connectivity index (χ1) is 9.31. The molecule has 0 saturated carbocycles. The van der Waals surface area contributed by atoms with Gasteiger partial charge in [-0.05, 0) is 44.3 Å². The third kappa shape index (κ3) is 4.30. The van der Waals surface area contributed by atoms with Crippen LogP contribution in [0.5, 0.6) is 0 Å². The van der Waals surface area contributed by atoms with Crippen molar-refractivity contribution in [2.75, 3.05) is 33.4 Å². The zero-order valence-corrected chi connectivity index (χ0v) is 11.9. The van der Waals surface area contributed by atoms with E-state index in [9.17, 15) is 0 Å². The molecule has 1 fully saturated rings. The molecular weight excluding hydrogens is 236 g/mol. The van der Waals surface area contributed by atoms with Crippen LogP contribution in [0.2, 0.25) is 0 Å². The summed E-state index contributed by atoms with van der Waals surface area (Å²) in [6.45, 7) is 3.67. The van der Waals surface area contributed by atoms with Gasteiger partial charge in [0.05, 0.1) is 6.61 Å². The Morgan fingerprint density at radius 3 is 2.79 bits per heavy atom. The standard InChI is InChI=1S/C16H26N2O/c1-18(12-14-6-5-11-19-13-14)16(9-10-17)15-7-3-2-4-8-15/h2-4,7-8,14,16H,5-6,9-13,17H2,1H3. The summed E-state index contributed by atoms with van der Waals surface area (Å²) >= 11 is 0. The maximum absolute atomic E-state index is 5.79. The lowest BCUT2D eigenvalue weighted by Gasteiger charge is -2.33. The molecule has 2 unspecified atom stereocenters. The van der Waals surface area contributed by atoms with Gasteiger partial charge < -0.3 is 10.5 Å². The van der Waals surface area contributed by atoms with Gasteiger partial charge in [-0.1, -0.05) is 30.3 Å². The quantitative estimate of drug-likeness (QED) is 0.855. The highest BCUT2D eigenvalue weighted by Gasteiger charge is 2.21. The SMILES string of the molecule is CN(CC1CCCOC1)C(CCN)c1ccccc1. The Balaban J connectivity index is 1.97. The topological polar surface area (TPSA) is 38.5 Å². The smallest absolute Gasteiger partial charge is 0.0506 e. The number of nitrogens with zero attached hydrogens (tertiary/aromatic N) is 1. The van der Waals surface area contributed by atoms with E-state index in [0.717, 1.165) is 32.7 Å². The molecule has 3 nitrogen and oxygen atoms in total. The average molecular weight is 262 g/mol. The number of ether oxygens (including phenoxy) is 1. The maximum atomic E-state index is 5.79. The van der Waals surface area contributed by atoms with Crippen LogP contribution in [0.25, 0.3) is 0 Å². The molecule has 2 rings (SSSR count). The van der Waals surface area contributed by atoms with Gasteiger partial charge in [0.2, 0.25) is 0 Å².